The largest absolute Gasteiger partial charge is 0.398 e. The van der Waals surface area contributed by atoms with E-state index in [1.165, 1.54) is 42.6 Å². The van der Waals surface area contributed by atoms with E-state index in [4.69, 9.17) is 28.9 Å². The van der Waals surface area contributed by atoms with Crippen LogP contribution >= 0.6 is 23.2 Å². The number of aromatic nitrogens is 4. The maximum atomic E-state index is 15.0. The molecule has 218 valence electrons. The standard InChI is InChI=1S/C27H24Cl2FN7O4S/c1-4-20(38)35-10-11-36(14(2)13-35)24-15-12-17(29)22(21-18(30)6-5-7-19(21)31)33-25(15)37(27(39)34-24)23-16(28)8-9-32-26(23)42(3,40)41/h4-9,12,14H,1,10-11,13,31H2,2-3H3/t14-/m0/s1. The highest BCUT2D eigenvalue weighted by atomic mass is 35.5. The number of piperazine rings is 1. The molecule has 0 radical (unpaired) electrons. The van der Waals surface area contributed by atoms with Gasteiger partial charge in [0.2, 0.25) is 5.91 Å². The maximum absolute atomic E-state index is 15.0. The van der Waals surface area contributed by atoms with E-state index in [9.17, 15) is 18.0 Å². The molecule has 1 fully saturated rings. The first-order chi connectivity index (χ1) is 19.8. The minimum absolute atomic E-state index is 0.00120. The molecule has 1 aromatic carbocycles. The van der Waals surface area contributed by atoms with Crippen LogP contribution in [-0.4, -0.2) is 70.7 Å². The smallest absolute Gasteiger partial charge is 0.355 e. The molecule has 4 aromatic rings. The van der Waals surface area contributed by atoms with E-state index >= 15 is 4.39 Å². The predicted molar refractivity (Wildman–Crippen MR) is 159 cm³/mol. The SMILES string of the molecule is C=CC(=O)N1CCN(c2nc(=O)n(-c3c(Cl)ccnc3S(C)(=O)=O)c3nc(-c4c(N)cccc4F)c(Cl)cc23)[C@@H](C)C1. The van der Waals surface area contributed by atoms with Crippen molar-refractivity contribution >= 4 is 61.5 Å². The lowest BCUT2D eigenvalue weighted by Crippen LogP contribution is -2.54. The monoisotopic (exact) mass is 631 g/mol. The van der Waals surface area contributed by atoms with Crippen LogP contribution in [0.3, 0.4) is 0 Å². The molecular formula is C27H24Cl2FN7O4S. The van der Waals surface area contributed by atoms with Crippen LogP contribution in [0.5, 0.6) is 0 Å². The first kappa shape index (κ1) is 29.4. The van der Waals surface area contributed by atoms with Crippen molar-refractivity contribution in [2.45, 2.75) is 18.0 Å². The molecule has 0 bridgehead atoms. The van der Waals surface area contributed by atoms with Crippen molar-refractivity contribution in [1.82, 2.24) is 24.4 Å². The van der Waals surface area contributed by atoms with E-state index in [0.717, 1.165) is 10.8 Å². The average Bonchev–Trinajstić information content (AvgIpc) is 2.92. The van der Waals surface area contributed by atoms with Gasteiger partial charge < -0.3 is 15.5 Å². The minimum atomic E-state index is -4.00. The van der Waals surface area contributed by atoms with Crippen molar-refractivity contribution in [1.29, 1.82) is 0 Å². The van der Waals surface area contributed by atoms with Gasteiger partial charge in [0.25, 0.3) is 0 Å². The number of nitrogens with two attached hydrogens (primary N) is 1. The number of anilines is 2. The number of hydrogen-bond acceptors (Lipinski definition) is 9. The summed E-state index contributed by atoms with van der Waals surface area (Å²) in [6.45, 7) is 6.32. The van der Waals surface area contributed by atoms with Gasteiger partial charge in [0.15, 0.2) is 20.5 Å². The van der Waals surface area contributed by atoms with Crippen LogP contribution in [0.4, 0.5) is 15.9 Å². The van der Waals surface area contributed by atoms with Crippen LogP contribution in [0.15, 0.2) is 59.0 Å². The molecule has 42 heavy (non-hydrogen) atoms. The number of carbonyl (C=O) groups is 1. The summed E-state index contributed by atoms with van der Waals surface area (Å²) in [5, 5.41) is -0.354. The van der Waals surface area contributed by atoms with Crippen molar-refractivity contribution in [2.24, 2.45) is 0 Å². The summed E-state index contributed by atoms with van der Waals surface area (Å²) in [7, 11) is -4.00. The van der Waals surface area contributed by atoms with Gasteiger partial charge in [-0.1, -0.05) is 35.8 Å². The van der Waals surface area contributed by atoms with Gasteiger partial charge in [-0.3, -0.25) is 4.79 Å². The summed E-state index contributed by atoms with van der Waals surface area (Å²) < 4.78 is 41.4. The molecule has 1 atom stereocenters. The number of benzene rings is 1. The molecule has 0 spiro atoms. The van der Waals surface area contributed by atoms with Crippen molar-refractivity contribution in [3.8, 4) is 16.9 Å². The van der Waals surface area contributed by atoms with E-state index in [2.05, 4.69) is 21.5 Å². The van der Waals surface area contributed by atoms with E-state index < -0.39 is 26.4 Å². The molecule has 1 amide bonds. The third kappa shape index (κ3) is 5.08. The van der Waals surface area contributed by atoms with Gasteiger partial charge in [-0.25, -0.2) is 32.1 Å². The third-order valence-corrected chi connectivity index (χ3v) is 8.48. The predicted octanol–water partition coefficient (Wildman–Crippen LogP) is 3.50. The Morgan fingerprint density at radius 1 is 1.19 bits per heavy atom. The van der Waals surface area contributed by atoms with Gasteiger partial charge in [-0.05, 0) is 37.3 Å². The first-order valence-electron chi connectivity index (χ1n) is 12.5. The van der Waals surface area contributed by atoms with Crippen molar-refractivity contribution in [3.05, 3.63) is 75.5 Å². The highest BCUT2D eigenvalue weighted by molar-refractivity contribution is 7.90. The summed E-state index contributed by atoms with van der Waals surface area (Å²) in [6, 6.07) is 6.56. The van der Waals surface area contributed by atoms with E-state index in [1.54, 1.807) is 4.90 Å². The Labute approximate surface area is 249 Å². The molecule has 1 aliphatic heterocycles. The number of carbonyl (C=O) groups excluding carboxylic acids is 1. The zero-order chi connectivity index (χ0) is 30.5. The van der Waals surface area contributed by atoms with Crippen LogP contribution in [0.25, 0.3) is 28.0 Å². The summed E-state index contributed by atoms with van der Waals surface area (Å²) in [6.07, 6.45) is 3.35. The molecule has 11 nitrogen and oxygen atoms in total. The number of pyridine rings is 2. The number of rotatable bonds is 5. The maximum Gasteiger partial charge on any atom is 0.355 e. The summed E-state index contributed by atoms with van der Waals surface area (Å²) in [5.74, 6) is -0.751. The van der Waals surface area contributed by atoms with E-state index in [1.807, 2.05) is 11.8 Å². The molecule has 1 aliphatic rings. The molecule has 1 saturated heterocycles. The van der Waals surface area contributed by atoms with Gasteiger partial charge in [-0.2, -0.15) is 4.98 Å². The van der Waals surface area contributed by atoms with Crippen LogP contribution < -0.4 is 16.3 Å². The molecule has 3 aromatic heterocycles. The number of amides is 1. The third-order valence-electron chi connectivity index (χ3n) is 6.89. The molecule has 15 heteroatoms. The summed E-state index contributed by atoms with van der Waals surface area (Å²) in [4.78, 5) is 42.4. The second-order valence-corrected chi connectivity index (χ2v) is 12.4. The molecule has 0 aliphatic carbocycles. The van der Waals surface area contributed by atoms with Crippen LogP contribution in [0.2, 0.25) is 10.0 Å². The molecule has 4 heterocycles. The van der Waals surface area contributed by atoms with Crippen molar-refractivity contribution in [2.75, 3.05) is 36.5 Å². The molecule has 2 N–H and O–H groups in total. The lowest BCUT2D eigenvalue weighted by atomic mass is 10.1. The van der Waals surface area contributed by atoms with Gasteiger partial charge in [0.05, 0.1) is 26.7 Å². The molecule has 5 rings (SSSR count). The quantitative estimate of drug-likeness (QED) is 0.258. The molecule has 0 unspecified atom stereocenters. The number of fused-ring (bicyclic) bond motifs is 1. The van der Waals surface area contributed by atoms with E-state index in [-0.39, 0.29) is 61.5 Å². The number of sulfone groups is 1. The molecular weight excluding hydrogens is 608 g/mol. The fraction of sp³-hybridized carbons (Fsp3) is 0.222. The Bertz CT molecular complexity index is 1930. The molecule has 0 saturated carbocycles. The van der Waals surface area contributed by atoms with Crippen LogP contribution in [-0.2, 0) is 14.6 Å². The Balaban J connectivity index is 1.86. The fourth-order valence-electron chi connectivity index (χ4n) is 4.98. The Morgan fingerprint density at radius 3 is 2.57 bits per heavy atom. The zero-order valence-electron chi connectivity index (χ0n) is 22.4. The topological polar surface area (TPSA) is 144 Å². The fourth-order valence-corrected chi connectivity index (χ4v) is 6.32. The Hall–Kier alpha value is -4.07. The minimum Gasteiger partial charge on any atom is -0.398 e. The second kappa shape index (κ2) is 11.0. The van der Waals surface area contributed by atoms with Gasteiger partial charge in [0.1, 0.15) is 17.3 Å². The number of halogens is 3. The summed E-state index contributed by atoms with van der Waals surface area (Å²) in [5.41, 5.74) is 4.64. The lowest BCUT2D eigenvalue weighted by Gasteiger charge is -2.40. The lowest BCUT2D eigenvalue weighted by molar-refractivity contribution is -0.126. The summed E-state index contributed by atoms with van der Waals surface area (Å²) >= 11 is 13.1. The van der Waals surface area contributed by atoms with Gasteiger partial charge >= 0.3 is 5.69 Å². The second-order valence-electron chi connectivity index (χ2n) is 9.70. The van der Waals surface area contributed by atoms with Gasteiger partial charge in [-0.15, -0.1) is 0 Å². The normalized spacial score (nSPS) is 15.7. The number of nitrogens with zero attached hydrogens (tertiary/aromatic N) is 6. The number of hydrogen-bond donors (Lipinski definition) is 1. The highest BCUT2D eigenvalue weighted by Gasteiger charge is 2.31. The Morgan fingerprint density at radius 2 is 1.93 bits per heavy atom. The Kier molecular flexibility index (Phi) is 7.68. The van der Waals surface area contributed by atoms with E-state index in [0.29, 0.717) is 19.6 Å². The number of nitrogen functional groups attached to an aromatic ring is 1. The highest BCUT2D eigenvalue weighted by Crippen LogP contribution is 2.38. The van der Waals surface area contributed by atoms with Crippen molar-refractivity contribution in [3.63, 3.8) is 0 Å². The average molecular weight is 633 g/mol. The zero-order valence-corrected chi connectivity index (χ0v) is 24.7. The van der Waals surface area contributed by atoms with Crippen LogP contribution in [0.1, 0.15) is 6.92 Å². The van der Waals surface area contributed by atoms with Crippen molar-refractivity contribution < 1.29 is 17.6 Å². The van der Waals surface area contributed by atoms with Gasteiger partial charge in [0, 0.05) is 43.8 Å². The first-order valence-corrected chi connectivity index (χ1v) is 15.2. The van der Waals surface area contributed by atoms with Crippen LogP contribution in [0, 0.1) is 5.82 Å².